The van der Waals surface area contributed by atoms with E-state index in [-0.39, 0.29) is 17.5 Å². The number of hydrogen-bond acceptors (Lipinski definition) is 6. The van der Waals surface area contributed by atoms with Gasteiger partial charge < -0.3 is 9.63 Å². The van der Waals surface area contributed by atoms with Crippen molar-refractivity contribution >= 4 is 9.84 Å². The normalized spacial score (nSPS) is 13.4. The molecular weight excluding hydrogens is 268 g/mol. The van der Waals surface area contributed by atoms with Gasteiger partial charge in [-0.1, -0.05) is 17.3 Å². The third-order valence-corrected chi connectivity index (χ3v) is 4.41. The predicted octanol–water partition coefficient (Wildman–Crippen LogP) is 1.86. The lowest BCUT2D eigenvalue weighted by Gasteiger charge is -2.03. The number of aromatic nitrogens is 2. The number of aromatic hydroxyl groups is 1. The van der Waals surface area contributed by atoms with Crippen LogP contribution in [0.3, 0.4) is 0 Å². The molecule has 0 amide bonds. The van der Waals surface area contributed by atoms with Gasteiger partial charge in [0.2, 0.25) is 0 Å². The number of benzene rings is 1. The molecule has 0 aliphatic carbocycles. The van der Waals surface area contributed by atoms with E-state index in [9.17, 15) is 13.5 Å². The third kappa shape index (κ3) is 2.60. The van der Waals surface area contributed by atoms with E-state index >= 15 is 0 Å². The maximum absolute atomic E-state index is 11.4. The SMILES string of the molecule is Cc1cccc(-c2nc(C(C)S(C)(=O)=O)no2)c1O. The molecule has 6 nitrogen and oxygen atoms in total. The summed E-state index contributed by atoms with van der Waals surface area (Å²) in [7, 11) is -3.29. The van der Waals surface area contributed by atoms with Crippen molar-refractivity contribution in [3.63, 3.8) is 0 Å². The molecule has 0 spiro atoms. The fraction of sp³-hybridized carbons (Fsp3) is 0.333. The molecule has 7 heteroatoms. The van der Waals surface area contributed by atoms with Crippen LogP contribution in [-0.4, -0.2) is 29.9 Å². The highest BCUT2D eigenvalue weighted by Gasteiger charge is 2.24. The molecule has 1 N–H and O–H groups in total. The minimum atomic E-state index is -3.29. The molecule has 1 aromatic carbocycles. The van der Waals surface area contributed by atoms with Crippen LogP contribution in [0.2, 0.25) is 0 Å². The number of nitrogens with zero attached hydrogens (tertiary/aromatic N) is 2. The van der Waals surface area contributed by atoms with Crippen LogP contribution in [0.15, 0.2) is 22.7 Å². The zero-order chi connectivity index (χ0) is 14.2. The molecule has 1 heterocycles. The van der Waals surface area contributed by atoms with Crippen LogP contribution < -0.4 is 0 Å². The Morgan fingerprint density at radius 3 is 2.68 bits per heavy atom. The van der Waals surface area contributed by atoms with E-state index in [1.54, 1.807) is 25.1 Å². The number of phenols is 1. The summed E-state index contributed by atoms with van der Waals surface area (Å²) in [5.74, 6) is 0.231. The van der Waals surface area contributed by atoms with Crippen LogP contribution in [-0.2, 0) is 9.84 Å². The topological polar surface area (TPSA) is 93.3 Å². The zero-order valence-electron chi connectivity index (χ0n) is 10.8. The fourth-order valence-corrected chi connectivity index (χ4v) is 2.01. The second kappa shape index (κ2) is 4.65. The monoisotopic (exact) mass is 282 g/mol. The van der Waals surface area contributed by atoms with Crippen LogP contribution in [0, 0.1) is 6.92 Å². The first-order chi connectivity index (χ1) is 8.80. The third-order valence-electron chi connectivity index (χ3n) is 2.92. The lowest BCUT2D eigenvalue weighted by molar-refractivity contribution is 0.416. The Balaban J connectivity index is 2.45. The number of hydrogen-bond donors (Lipinski definition) is 1. The first kappa shape index (κ1) is 13.5. The van der Waals surface area contributed by atoms with Crippen molar-refractivity contribution in [2.45, 2.75) is 19.1 Å². The van der Waals surface area contributed by atoms with E-state index in [0.29, 0.717) is 11.1 Å². The van der Waals surface area contributed by atoms with E-state index in [1.165, 1.54) is 6.92 Å². The molecule has 0 radical (unpaired) electrons. The number of para-hydroxylation sites is 1. The van der Waals surface area contributed by atoms with Gasteiger partial charge in [-0.3, -0.25) is 0 Å². The smallest absolute Gasteiger partial charge is 0.261 e. The first-order valence-corrected chi connectivity index (χ1v) is 7.57. The summed E-state index contributed by atoms with van der Waals surface area (Å²) < 4.78 is 27.9. The Labute approximate surface area is 111 Å². The molecule has 1 atom stereocenters. The van der Waals surface area contributed by atoms with Crippen LogP contribution in [0.4, 0.5) is 0 Å². The Bertz CT molecular complexity index is 706. The van der Waals surface area contributed by atoms with Gasteiger partial charge in [0.15, 0.2) is 15.7 Å². The minimum Gasteiger partial charge on any atom is -0.507 e. The predicted molar refractivity (Wildman–Crippen MR) is 69.4 cm³/mol. The summed E-state index contributed by atoms with van der Waals surface area (Å²) in [5, 5.41) is 12.7. The van der Waals surface area contributed by atoms with E-state index < -0.39 is 15.1 Å². The summed E-state index contributed by atoms with van der Waals surface area (Å²) in [4.78, 5) is 4.03. The summed E-state index contributed by atoms with van der Waals surface area (Å²) >= 11 is 0. The van der Waals surface area contributed by atoms with E-state index in [4.69, 9.17) is 4.52 Å². The number of sulfone groups is 1. The molecule has 0 saturated heterocycles. The van der Waals surface area contributed by atoms with Gasteiger partial charge in [-0.25, -0.2) is 8.42 Å². The van der Waals surface area contributed by atoms with E-state index in [0.717, 1.165) is 6.26 Å². The van der Waals surface area contributed by atoms with E-state index in [2.05, 4.69) is 10.1 Å². The Kier molecular flexibility index (Phi) is 3.32. The average Bonchev–Trinajstić information content (AvgIpc) is 2.79. The fourth-order valence-electron chi connectivity index (χ4n) is 1.53. The van der Waals surface area contributed by atoms with Crippen molar-refractivity contribution in [3.05, 3.63) is 29.6 Å². The molecule has 0 aliphatic rings. The molecule has 1 unspecified atom stereocenters. The van der Waals surface area contributed by atoms with Gasteiger partial charge in [0.05, 0.1) is 5.56 Å². The van der Waals surface area contributed by atoms with Gasteiger partial charge in [0, 0.05) is 6.26 Å². The Morgan fingerprint density at radius 1 is 1.37 bits per heavy atom. The van der Waals surface area contributed by atoms with Crippen LogP contribution in [0.25, 0.3) is 11.5 Å². The highest BCUT2D eigenvalue weighted by Crippen LogP contribution is 2.31. The second-order valence-corrected chi connectivity index (χ2v) is 6.77. The summed E-state index contributed by atoms with van der Waals surface area (Å²) in [6.45, 7) is 3.23. The number of aryl methyl sites for hydroxylation is 1. The van der Waals surface area contributed by atoms with Crippen molar-refractivity contribution in [2.75, 3.05) is 6.26 Å². The Hall–Kier alpha value is -1.89. The molecular formula is C12H14N2O4S. The molecule has 2 aromatic rings. The van der Waals surface area contributed by atoms with Gasteiger partial charge in [0.25, 0.3) is 5.89 Å². The van der Waals surface area contributed by atoms with Crippen LogP contribution in [0.1, 0.15) is 23.6 Å². The molecule has 0 saturated carbocycles. The molecule has 0 bridgehead atoms. The average molecular weight is 282 g/mol. The van der Waals surface area contributed by atoms with Gasteiger partial charge in [0.1, 0.15) is 11.0 Å². The van der Waals surface area contributed by atoms with Crippen molar-refractivity contribution in [1.29, 1.82) is 0 Å². The first-order valence-electron chi connectivity index (χ1n) is 5.62. The molecule has 2 rings (SSSR count). The maximum Gasteiger partial charge on any atom is 0.261 e. The van der Waals surface area contributed by atoms with Crippen molar-refractivity contribution in [1.82, 2.24) is 10.1 Å². The summed E-state index contributed by atoms with van der Waals surface area (Å²) in [5.41, 5.74) is 1.06. The summed E-state index contributed by atoms with van der Waals surface area (Å²) in [6, 6.07) is 5.12. The van der Waals surface area contributed by atoms with Gasteiger partial charge in [-0.05, 0) is 25.5 Å². The largest absolute Gasteiger partial charge is 0.507 e. The van der Waals surface area contributed by atoms with Crippen molar-refractivity contribution in [2.24, 2.45) is 0 Å². The van der Waals surface area contributed by atoms with Gasteiger partial charge in [-0.15, -0.1) is 0 Å². The molecule has 1 aromatic heterocycles. The molecule has 102 valence electrons. The zero-order valence-corrected chi connectivity index (χ0v) is 11.6. The summed E-state index contributed by atoms with van der Waals surface area (Å²) in [6.07, 6.45) is 1.11. The highest BCUT2D eigenvalue weighted by atomic mass is 32.2. The molecule has 0 aliphatic heterocycles. The van der Waals surface area contributed by atoms with Crippen molar-refractivity contribution in [3.8, 4) is 17.2 Å². The second-order valence-electron chi connectivity index (χ2n) is 4.40. The number of phenolic OH excluding ortho intramolecular Hbond substituents is 1. The standard InChI is InChI=1S/C12H14N2O4S/c1-7-5-4-6-9(10(7)15)12-13-11(14-18-12)8(2)19(3,16)17/h4-6,8,15H,1-3H3. The van der Waals surface area contributed by atoms with E-state index in [1.807, 2.05) is 0 Å². The lowest BCUT2D eigenvalue weighted by Crippen LogP contribution is -2.09. The lowest BCUT2D eigenvalue weighted by atomic mass is 10.1. The van der Waals surface area contributed by atoms with Crippen LogP contribution >= 0.6 is 0 Å². The number of rotatable bonds is 3. The highest BCUT2D eigenvalue weighted by molar-refractivity contribution is 7.90. The molecule has 19 heavy (non-hydrogen) atoms. The molecule has 0 fully saturated rings. The van der Waals surface area contributed by atoms with Gasteiger partial charge in [-0.2, -0.15) is 4.98 Å². The quantitative estimate of drug-likeness (QED) is 0.923. The Morgan fingerprint density at radius 2 is 2.05 bits per heavy atom. The van der Waals surface area contributed by atoms with Crippen LogP contribution in [0.5, 0.6) is 5.75 Å². The minimum absolute atomic E-state index is 0.0460. The van der Waals surface area contributed by atoms with Crippen molar-refractivity contribution < 1.29 is 18.0 Å². The maximum atomic E-state index is 11.4. The van der Waals surface area contributed by atoms with Gasteiger partial charge >= 0.3 is 0 Å².